The van der Waals surface area contributed by atoms with Crippen molar-refractivity contribution in [3.8, 4) is 0 Å². The minimum Gasteiger partial charge on any atom is -0.373 e. The molecule has 2 nitrogen and oxygen atoms in total. The number of nitrogens with zero attached hydrogens (tertiary/aromatic N) is 1. The molecule has 2 N–H and O–H groups in total. The van der Waals surface area contributed by atoms with Gasteiger partial charge in [-0.05, 0) is 43.4 Å². The van der Waals surface area contributed by atoms with E-state index in [1.807, 2.05) is 13.0 Å². The molecule has 1 aliphatic carbocycles. The first-order valence-electron chi connectivity index (χ1n) is 5.84. The van der Waals surface area contributed by atoms with E-state index in [1.165, 1.54) is 12.8 Å². The van der Waals surface area contributed by atoms with Crippen molar-refractivity contribution in [2.24, 2.45) is 11.7 Å². The van der Waals surface area contributed by atoms with Crippen molar-refractivity contribution in [1.29, 1.82) is 0 Å². The van der Waals surface area contributed by atoms with Gasteiger partial charge in [0.15, 0.2) is 0 Å². The van der Waals surface area contributed by atoms with Crippen molar-refractivity contribution in [2.45, 2.75) is 25.8 Å². The van der Waals surface area contributed by atoms with E-state index in [1.54, 1.807) is 0 Å². The third-order valence-corrected chi connectivity index (χ3v) is 3.44. The van der Waals surface area contributed by atoms with E-state index in [0.29, 0.717) is 0 Å². The second-order valence-electron chi connectivity index (χ2n) is 4.82. The van der Waals surface area contributed by atoms with Crippen molar-refractivity contribution in [3.05, 3.63) is 28.8 Å². The molecule has 1 aromatic carbocycles. The molecule has 1 atom stereocenters. The lowest BCUT2D eigenvalue weighted by atomic mass is 10.1. The van der Waals surface area contributed by atoms with Gasteiger partial charge in [-0.25, -0.2) is 0 Å². The Balaban J connectivity index is 2.14. The summed E-state index contributed by atoms with van der Waals surface area (Å²) in [6, 6.07) is 6.16. The second kappa shape index (κ2) is 4.64. The molecule has 0 aliphatic heterocycles. The summed E-state index contributed by atoms with van der Waals surface area (Å²) in [5.41, 5.74) is 8.03. The predicted molar refractivity (Wildman–Crippen MR) is 70.0 cm³/mol. The Hall–Kier alpha value is -0.730. The summed E-state index contributed by atoms with van der Waals surface area (Å²) >= 11 is 6.27. The zero-order valence-electron chi connectivity index (χ0n) is 9.91. The van der Waals surface area contributed by atoms with Gasteiger partial charge in [0.2, 0.25) is 0 Å². The standard InChI is InChI=1S/C13H19ClN2/c1-9(15)11-5-6-13(12(14)7-11)16(2)8-10-3-4-10/h5-7,9-10H,3-4,8,15H2,1-2H3. The number of hydrogen-bond donors (Lipinski definition) is 1. The molecule has 1 fully saturated rings. The fourth-order valence-electron chi connectivity index (χ4n) is 1.90. The number of halogens is 1. The maximum Gasteiger partial charge on any atom is 0.0642 e. The van der Waals surface area contributed by atoms with E-state index in [9.17, 15) is 0 Å². The van der Waals surface area contributed by atoms with E-state index >= 15 is 0 Å². The van der Waals surface area contributed by atoms with Gasteiger partial charge < -0.3 is 10.6 Å². The number of benzene rings is 1. The normalized spacial score (nSPS) is 17.2. The molecule has 0 heterocycles. The van der Waals surface area contributed by atoms with Gasteiger partial charge in [-0.3, -0.25) is 0 Å². The van der Waals surface area contributed by atoms with E-state index in [-0.39, 0.29) is 6.04 Å². The van der Waals surface area contributed by atoms with Crippen molar-refractivity contribution < 1.29 is 0 Å². The van der Waals surface area contributed by atoms with Crippen LogP contribution in [0.5, 0.6) is 0 Å². The molecule has 3 heteroatoms. The molecule has 0 amide bonds. The van der Waals surface area contributed by atoms with Crippen LogP contribution in [-0.2, 0) is 0 Å². The lowest BCUT2D eigenvalue weighted by Gasteiger charge is -2.21. The van der Waals surface area contributed by atoms with Crippen molar-refractivity contribution >= 4 is 17.3 Å². The first-order chi connectivity index (χ1) is 7.58. The van der Waals surface area contributed by atoms with Gasteiger partial charge in [-0.2, -0.15) is 0 Å². The van der Waals surface area contributed by atoms with Gasteiger partial charge in [-0.1, -0.05) is 17.7 Å². The van der Waals surface area contributed by atoms with Gasteiger partial charge in [0, 0.05) is 19.6 Å². The van der Waals surface area contributed by atoms with Crippen LogP contribution in [0.2, 0.25) is 5.02 Å². The fourth-order valence-corrected chi connectivity index (χ4v) is 2.24. The molecule has 0 spiro atoms. The Bertz CT molecular complexity index is 372. The topological polar surface area (TPSA) is 29.3 Å². The predicted octanol–water partition coefficient (Wildman–Crippen LogP) is 3.21. The molecule has 0 aromatic heterocycles. The van der Waals surface area contributed by atoms with Gasteiger partial charge in [0.25, 0.3) is 0 Å². The van der Waals surface area contributed by atoms with Crippen LogP contribution in [-0.4, -0.2) is 13.6 Å². The Morgan fingerprint density at radius 2 is 2.19 bits per heavy atom. The molecule has 0 saturated heterocycles. The third-order valence-electron chi connectivity index (χ3n) is 3.14. The maximum atomic E-state index is 6.27. The monoisotopic (exact) mass is 238 g/mol. The lowest BCUT2D eigenvalue weighted by Crippen LogP contribution is -2.20. The van der Waals surface area contributed by atoms with Crippen LogP contribution < -0.4 is 10.6 Å². The summed E-state index contributed by atoms with van der Waals surface area (Å²) in [5, 5.41) is 0.804. The van der Waals surface area contributed by atoms with E-state index in [4.69, 9.17) is 17.3 Å². The Labute approximate surface area is 102 Å². The van der Waals surface area contributed by atoms with Gasteiger partial charge in [0.05, 0.1) is 10.7 Å². The molecule has 1 aliphatic rings. The lowest BCUT2D eigenvalue weighted by molar-refractivity contribution is 0.784. The minimum atomic E-state index is 0.0419. The van der Waals surface area contributed by atoms with E-state index in [2.05, 4.69) is 24.1 Å². The Kier molecular flexibility index (Phi) is 3.41. The molecule has 88 valence electrons. The Morgan fingerprint density at radius 1 is 1.50 bits per heavy atom. The molecule has 1 unspecified atom stereocenters. The van der Waals surface area contributed by atoms with Crippen LogP contribution >= 0.6 is 11.6 Å². The number of anilines is 1. The van der Waals surface area contributed by atoms with Crippen molar-refractivity contribution in [2.75, 3.05) is 18.5 Å². The number of nitrogens with two attached hydrogens (primary N) is 1. The average Bonchev–Trinajstić information content (AvgIpc) is 3.01. The molecule has 16 heavy (non-hydrogen) atoms. The average molecular weight is 239 g/mol. The fraction of sp³-hybridized carbons (Fsp3) is 0.538. The third kappa shape index (κ3) is 2.69. The highest BCUT2D eigenvalue weighted by Gasteiger charge is 2.23. The Morgan fingerprint density at radius 3 is 2.69 bits per heavy atom. The highest BCUT2D eigenvalue weighted by molar-refractivity contribution is 6.33. The molecular formula is C13H19ClN2. The number of rotatable bonds is 4. The van der Waals surface area contributed by atoms with Crippen molar-refractivity contribution in [1.82, 2.24) is 0 Å². The smallest absolute Gasteiger partial charge is 0.0642 e. The largest absolute Gasteiger partial charge is 0.373 e. The van der Waals surface area contributed by atoms with Gasteiger partial charge in [0.1, 0.15) is 0 Å². The molecule has 0 bridgehead atoms. The molecule has 1 aromatic rings. The summed E-state index contributed by atoms with van der Waals surface area (Å²) in [4.78, 5) is 2.24. The first kappa shape index (κ1) is 11.7. The van der Waals surface area contributed by atoms with Crippen LogP contribution in [0.4, 0.5) is 5.69 Å². The SMILES string of the molecule is CC(N)c1ccc(N(C)CC2CC2)c(Cl)c1. The molecule has 0 radical (unpaired) electrons. The van der Waals surface area contributed by atoms with E-state index in [0.717, 1.165) is 28.7 Å². The summed E-state index contributed by atoms with van der Waals surface area (Å²) in [7, 11) is 2.10. The van der Waals surface area contributed by atoms with Gasteiger partial charge >= 0.3 is 0 Å². The summed E-state index contributed by atoms with van der Waals surface area (Å²) in [5.74, 6) is 0.870. The summed E-state index contributed by atoms with van der Waals surface area (Å²) < 4.78 is 0. The highest BCUT2D eigenvalue weighted by Crippen LogP contribution is 2.33. The zero-order chi connectivity index (χ0) is 11.7. The zero-order valence-corrected chi connectivity index (χ0v) is 10.7. The summed E-state index contributed by atoms with van der Waals surface area (Å²) in [6.07, 6.45) is 2.72. The van der Waals surface area contributed by atoms with Crippen LogP contribution in [0, 0.1) is 5.92 Å². The molecule has 2 rings (SSSR count). The van der Waals surface area contributed by atoms with Crippen LogP contribution in [0.3, 0.4) is 0 Å². The van der Waals surface area contributed by atoms with E-state index < -0.39 is 0 Å². The second-order valence-corrected chi connectivity index (χ2v) is 5.23. The number of hydrogen-bond acceptors (Lipinski definition) is 2. The van der Waals surface area contributed by atoms with Crippen LogP contribution in [0.1, 0.15) is 31.4 Å². The van der Waals surface area contributed by atoms with Gasteiger partial charge in [-0.15, -0.1) is 0 Å². The summed E-state index contributed by atoms with van der Waals surface area (Å²) in [6.45, 7) is 3.08. The van der Waals surface area contributed by atoms with Crippen molar-refractivity contribution in [3.63, 3.8) is 0 Å². The van der Waals surface area contributed by atoms with Crippen LogP contribution in [0.15, 0.2) is 18.2 Å². The molecule has 1 saturated carbocycles. The quantitative estimate of drug-likeness (QED) is 0.873. The molecular weight excluding hydrogens is 220 g/mol. The highest BCUT2D eigenvalue weighted by atomic mass is 35.5. The minimum absolute atomic E-state index is 0.0419. The maximum absolute atomic E-state index is 6.27. The first-order valence-corrected chi connectivity index (χ1v) is 6.22. The van der Waals surface area contributed by atoms with Crippen LogP contribution in [0.25, 0.3) is 0 Å².